The summed E-state index contributed by atoms with van der Waals surface area (Å²) < 4.78 is 8.05. The van der Waals surface area contributed by atoms with E-state index >= 15 is 0 Å². The average molecular weight is 485 g/mol. The van der Waals surface area contributed by atoms with Crippen molar-refractivity contribution in [3.63, 3.8) is 0 Å². The number of aromatic nitrogens is 2. The number of nitrogens with zero attached hydrogens (tertiary/aromatic N) is 3. The van der Waals surface area contributed by atoms with Crippen LogP contribution in [0.15, 0.2) is 67.3 Å². The number of aryl methyl sites for hydroxylation is 2. The van der Waals surface area contributed by atoms with E-state index in [1.54, 1.807) is 6.07 Å². The number of halogens is 2. The smallest absolute Gasteiger partial charge is 0.282 e. The minimum absolute atomic E-state index is 0.210. The first-order valence-corrected chi connectivity index (χ1v) is 10.8. The molecular formula is C23H19BrClN3O2. The van der Waals surface area contributed by atoms with Crippen LogP contribution in [0.1, 0.15) is 30.5 Å². The maximum atomic E-state index is 13.0. The molecule has 2 aromatic heterocycles. The number of benzene rings is 2. The monoisotopic (exact) mass is 483 g/mol. The number of fused-ring (bicyclic) bond motifs is 1. The molecule has 7 heteroatoms. The second-order valence-electron chi connectivity index (χ2n) is 6.97. The van der Waals surface area contributed by atoms with E-state index in [0.717, 1.165) is 22.0 Å². The van der Waals surface area contributed by atoms with Gasteiger partial charge in [0.25, 0.3) is 5.56 Å². The first kappa shape index (κ1) is 20.6. The molecule has 0 radical (unpaired) electrons. The summed E-state index contributed by atoms with van der Waals surface area (Å²) in [7, 11) is 0. The number of furan rings is 1. The van der Waals surface area contributed by atoms with Gasteiger partial charge in [-0.25, -0.2) is 4.98 Å². The van der Waals surface area contributed by atoms with Crippen LogP contribution in [-0.2, 0) is 6.42 Å². The Balaban J connectivity index is 1.72. The average Bonchev–Trinajstić information content (AvgIpc) is 3.20. The van der Waals surface area contributed by atoms with E-state index in [0.29, 0.717) is 39.7 Å². The Hall–Kier alpha value is -2.70. The van der Waals surface area contributed by atoms with Crippen molar-refractivity contribution in [3.05, 3.63) is 85.5 Å². The van der Waals surface area contributed by atoms with Crippen LogP contribution in [0.5, 0.6) is 0 Å². The Bertz CT molecular complexity index is 1320. The molecule has 0 spiro atoms. The topological polar surface area (TPSA) is 60.4 Å². The van der Waals surface area contributed by atoms with Gasteiger partial charge in [-0.05, 0) is 55.3 Å². The maximum absolute atomic E-state index is 13.0. The normalized spacial score (nSPS) is 11.6. The minimum atomic E-state index is -0.210. The Morgan fingerprint density at radius 3 is 2.80 bits per heavy atom. The summed E-state index contributed by atoms with van der Waals surface area (Å²) in [6.07, 6.45) is 3.03. The minimum Gasteiger partial charge on any atom is -0.455 e. The summed E-state index contributed by atoms with van der Waals surface area (Å²) in [6, 6.07) is 14.9. The summed E-state index contributed by atoms with van der Waals surface area (Å²) in [5, 5.41) is 5.59. The first-order valence-electron chi connectivity index (χ1n) is 9.58. The Kier molecular flexibility index (Phi) is 5.88. The molecule has 4 aromatic rings. The lowest BCUT2D eigenvalue weighted by atomic mass is 10.1. The quantitative estimate of drug-likeness (QED) is 0.316. The molecule has 0 aliphatic heterocycles. The van der Waals surface area contributed by atoms with Crippen molar-refractivity contribution < 1.29 is 4.42 Å². The molecule has 2 heterocycles. The number of rotatable bonds is 5. The van der Waals surface area contributed by atoms with E-state index in [1.165, 1.54) is 10.9 Å². The Morgan fingerprint density at radius 2 is 2.03 bits per heavy atom. The molecule has 0 aliphatic rings. The van der Waals surface area contributed by atoms with Gasteiger partial charge in [0.2, 0.25) is 0 Å². The molecule has 5 nitrogen and oxygen atoms in total. The lowest BCUT2D eigenvalue weighted by molar-refractivity contribution is 0.573. The van der Waals surface area contributed by atoms with Crippen molar-refractivity contribution >= 4 is 44.6 Å². The Labute approximate surface area is 187 Å². The standard InChI is InChI=1S/C23H19BrClN3O2/c1-3-4-22-27-20-9-7-16(24)12-18(20)23(29)28(22)26-13-17-8-10-21(30-17)15-6-5-14(2)19(25)11-15/h5-13H,3-4H2,1-2H3. The molecule has 0 fully saturated rings. The summed E-state index contributed by atoms with van der Waals surface area (Å²) in [6.45, 7) is 3.99. The lowest BCUT2D eigenvalue weighted by Crippen LogP contribution is -2.22. The van der Waals surface area contributed by atoms with Gasteiger partial charge < -0.3 is 4.42 Å². The highest BCUT2D eigenvalue weighted by molar-refractivity contribution is 9.10. The van der Waals surface area contributed by atoms with Gasteiger partial charge in [0.1, 0.15) is 17.3 Å². The second-order valence-corrected chi connectivity index (χ2v) is 8.29. The summed E-state index contributed by atoms with van der Waals surface area (Å²) in [5.41, 5.74) is 2.34. The fourth-order valence-electron chi connectivity index (χ4n) is 3.14. The molecule has 0 aliphatic carbocycles. The largest absolute Gasteiger partial charge is 0.455 e. The van der Waals surface area contributed by atoms with Crippen LogP contribution >= 0.6 is 27.5 Å². The van der Waals surface area contributed by atoms with E-state index in [4.69, 9.17) is 16.0 Å². The third-order valence-corrected chi connectivity index (χ3v) is 5.63. The fraction of sp³-hybridized carbons (Fsp3) is 0.174. The van der Waals surface area contributed by atoms with E-state index < -0.39 is 0 Å². The molecule has 0 bridgehead atoms. The van der Waals surface area contributed by atoms with Crippen LogP contribution in [0.3, 0.4) is 0 Å². The van der Waals surface area contributed by atoms with E-state index in [9.17, 15) is 4.79 Å². The first-order chi connectivity index (χ1) is 14.5. The van der Waals surface area contributed by atoms with Crippen molar-refractivity contribution in [1.82, 2.24) is 9.66 Å². The van der Waals surface area contributed by atoms with Crippen molar-refractivity contribution in [1.29, 1.82) is 0 Å². The highest BCUT2D eigenvalue weighted by Crippen LogP contribution is 2.26. The number of hydrogen-bond acceptors (Lipinski definition) is 4. The zero-order chi connectivity index (χ0) is 21.3. The molecule has 0 saturated heterocycles. The Morgan fingerprint density at radius 1 is 1.20 bits per heavy atom. The number of hydrogen-bond donors (Lipinski definition) is 0. The van der Waals surface area contributed by atoms with E-state index in [1.807, 2.05) is 56.3 Å². The fourth-order valence-corrected chi connectivity index (χ4v) is 3.68. The molecule has 2 aromatic carbocycles. The molecule has 0 N–H and O–H groups in total. The summed E-state index contributed by atoms with van der Waals surface area (Å²) >= 11 is 9.63. The SMILES string of the molecule is CCCc1nc2ccc(Br)cc2c(=O)n1N=Cc1ccc(-c2ccc(C)c(Cl)c2)o1. The molecule has 152 valence electrons. The van der Waals surface area contributed by atoms with Crippen molar-refractivity contribution in [2.45, 2.75) is 26.7 Å². The highest BCUT2D eigenvalue weighted by Gasteiger charge is 2.11. The molecule has 0 atom stereocenters. The molecule has 0 amide bonds. The zero-order valence-electron chi connectivity index (χ0n) is 16.5. The van der Waals surface area contributed by atoms with Gasteiger partial charge in [-0.3, -0.25) is 4.79 Å². The summed E-state index contributed by atoms with van der Waals surface area (Å²) in [5.74, 6) is 1.83. The maximum Gasteiger partial charge on any atom is 0.282 e. The van der Waals surface area contributed by atoms with Gasteiger partial charge in [0.15, 0.2) is 0 Å². The van der Waals surface area contributed by atoms with Crippen LogP contribution in [0, 0.1) is 6.92 Å². The third-order valence-electron chi connectivity index (χ3n) is 4.73. The molecular weight excluding hydrogens is 466 g/mol. The highest BCUT2D eigenvalue weighted by atomic mass is 79.9. The van der Waals surface area contributed by atoms with E-state index in [2.05, 4.69) is 26.0 Å². The molecule has 0 saturated carbocycles. The molecule has 30 heavy (non-hydrogen) atoms. The van der Waals surface area contributed by atoms with Crippen LogP contribution in [0.2, 0.25) is 5.02 Å². The van der Waals surface area contributed by atoms with Crippen LogP contribution in [0.4, 0.5) is 0 Å². The van der Waals surface area contributed by atoms with Gasteiger partial charge in [-0.1, -0.05) is 46.6 Å². The predicted octanol–water partition coefficient (Wildman–Crippen LogP) is 6.22. The molecule has 4 rings (SSSR count). The van der Waals surface area contributed by atoms with Crippen LogP contribution < -0.4 is 5.56 Å². The molecule has 0 unspecified atom stereocenters. The van der Waals surface area contributed by atoms with Crippen LogP contribution in [-0.4, -0.2) is 15.9 Å². The van der Waals surface area contributed by atoms with Crippen molar-refractivity contribution in [2.24, 2.45) is 5.10 Å². The van der Waals surface area contributed by atoms with Crippen molar-refractivity contribution in [3.8, 4) is 11.3 Å². The van der Waals surface area contributed by atoms with Gasteiger partial charge in [-0.15, -0.1) is 0 Å². The lowest BCUT2D eigenvalue weighted by Gasteiger charge is -2.08. The van der Waals surface area contributed by atoms with Crippen LogP contribution in [0.25, 0.3) is 22.2 Å². The summed E-state index contributed by atoms with van der Waals surface area (Å²) in [4.78, 5) is 17.7. The zero-order valence-corrected chi connectivity index (χ0v) is 18.9. The van der Waals surface area contributed by atoms with Crippen molar-refractivity contribution in [2.75, 3.05) is 0 Å². The third kappa shape index (κ3) is 4.11. The predicted molar refractivity (Wildman–Crippen MR) is 125 cm³/mol. The van der Waals surface area contributed by atoms with Gasteiger partial charge in [0.05, 0.1) is 17.1 Å². The van der Waals surface area contributed by atoms with E-state index in [-0.39, 0.29) is 5.56 Å². The van der Waals surface area contributed by atoms with Gasteiger partial charge >= 0.3 is 0 Å². The van der Waals surface area contributed by atoms with Gasteiger partial charge in [0, 0.05) is 21.5 Å². The van der Waals surface area contributed by atoms with Gasteiger partial charge in [-0.2, -0.15) is 9.78 Å². The second kappa shape index (κ2) is 8.58.